The molecular formula is C23H21N5O2. The van der Waals surface area contributed by atoms with Crippen LogP contribution in [0.4, 0.5) is 0 Å². The molecule has 30 heavy (non-hydrogen) atoms. The summed E-state index contributed by atoms with van der Waals surface area (Å²) in [5, 5.41) is 4.74. The smallest absolute Gasteiger partial charge is 0.266 e. The van der Waals surface area contributed by atoms with E-state index in [0.29, 0.717) is 11.5 Å². The zero-order valence-electron chi connectivity index (χ0n) is 16.4. The summed E-state index contributed by atoms with van der Waals surface area (Å²) >= 11 is 0. The number of nitrogens with zero attached hydrogens (tertiary/aromatic N) is 5. The first-order valence-electron chi connectivity index (χ1n) is 10.3. The summed E-state index contributed by atoms with van der Waals surface area (Å²) in [7, 11) is 0. The number of aromatic nitrogens is 5. The first-order valence-corrected chi connectivity index (χ1v) is 10.3. The highest BCUT2D eigenvalue weighted by molar-refractivity contribution is 5.59. The SMILES string of the molecule is O=c1nc2n(C3CCCCC3)nc(-c3ccccc3)nc-2c(=O)n1-c1ccccc1. The second kappa shape index (κ2) is 7.67. The van der Waals surface area contributed by atoms with Gasteiger partial charge in [0.05, 0.1) is 11.7 Å². The molecule has 0 aromatic heterocycles. The van der Waals surface area contributed by atoms with E-state index in [1.54, 1.807) is 28.9 Å². The molecule has 7 heteroatoms. The van der Waals surface area contributed by atoms with Gasteiger partial charge >= 0.3 is 5.69 Å². The predicted molar refractivity (Wildman–Crippen MR) is 114 cm³/mol. The van der Waals surface area contributed by atoms with Crippen LogP contribution in [0.1, 0.15) is 38.1 Å². The Kier molecular flexibility index (Phi) is 4.71. The molecule has 0 unspecified atom stereocenters. The maximum atomic E-state index is 13.4. The Morgan fingerprint density at radius 2 is 1.47 bits per heavy atom. The molecule has 0 bridgehead atoms. The molecule has 1 saturated carbocycles. The molecule has 1 fully saturated rings. The second-order valence-electron chi connectivity index (χ2n) is 7.58. The van der Waals surface area contributed by atoms with Crippen LogP contribution in [0.2, 0.25) is 0 Å². The predicted octanol–water partition coefficient (Wildman–Crippen LogP) is 3.46. The van der Waals surface area contributed by atoms with Crippen molar-refractivity contribution in [2.45, 2.75) is 38.1 Å². The Balaban J connectivity index is 1.80. The van der Waals surface area contributed by atoms with Crippen molar-refractivity contribution in [1.82, 2.24) is 24.3 Å². The van der Waals surface area contributed by atoms with Gasteiger partial charge in [0.25, 0.3) is 5.56 Å². The molecular weight excluding hydrogens is 378 g/mol. The molecule has 150 valence electrons. The van der Waals surface area contributed by atoms with Gasteiger partial charge < -0.3 is 0 Å². The number of hydrogen-bond acceptors (Lipinski definition) is 5. The van der Waals surface area contributed by atoms with Crippen LogP contribution in [-0.2, 0) is 0 Å². The van der Waals surface area contributed by atoms with Gasteiger partial charge in [0, 0.05) is 5.56 Å². The molecule has 0 amide bonds. The first-order chi connectivity index (χ1) is 14.7. The standard InChI is InChI=1S/C23H21N5O2/c29-22-19-21(25-23(30)27(22)17-12-6-2-7-13-17)28(18-14-8-3-9-15-18)26-20(24-19)16-10-4-1-5-11-16/h1-2,4-7,10-13,18H,3,8-9,14-15H2. The molecule has 1 aliphatic carbocycles. The molecule has 2 aliphatic heterocycles. The van der Waals surface area contributed by atoms with Crippen LogP contribution in [0.25, 0.3) is 28.6 Å². The molecule has 5 rings (SSSR count). The van der Waals surface area contributed by atoms with Crippen LogP contribution < -0.4 is 11.2 Å². The maximum Gasteiger partial charge on any atom is 0.357 e. The molecule has 0 saturated heterocycles. The average Bonchev–Trinajstić information content (AvgIpc) is 2.80. The first kappa shape index (κ1) is 18.4. The minimum atomic E-state index is -0.612. The lowest BCUT2D eigenvalue weighted by atomic mass is 9.95. The molecule has 2 aromatic carbocycles. The van der Waals surface area contributed by atoms with Gasteiger partial charge in [-0.1, -0.05) is 67.8 Å². The van der Waals surface area contributed by atoms with Gasteiger partial charge in [0.1, 0.15) is 0 Å². The van der Waals surface area contributed by atoms with Crippen LogP contribution >= 0.6 is 0 Å². The third kappa shape index (κ3) is 3.22. The lowest BCUT2D eigenvalue weighted by Crippen LogP contribution is -2.38. The largest absolute Gasteiger partial charge is 0.357 e. The summed E-state index contributed by atoms with van der Waals surface area (Å²) in [5.74, 6) is 0.731. The van der Waals surface area contributed by atoms with Crippen molar-refractivity contribution in [2.24, 2.45) is 0 Å². The summed E-state index contributed by atoms with van der Waals surface area (Å²) < 4.78 is 2.84. The minimum absolute atomic E-state index is 0.102. The van der Waals surface area contributed by atoms with Gasteiger partial charge in [-0.2, -0.15) is 10.1 Å². The zero-order chi connectivity index (χ0) is 20.5. The molecule has 7 nitrogen and oxygen atoms in total. The minimum Gasteiger partial charge on any atom is -0.266 e. The fourth-order valence-electron chi connectivity index (χ4n) is 4.11. The summed E-state index contributed by atoms with van der Waals surface area (Å²) in [5.41, 5.74) is 0.379. The van der Waals surface area contributed by atoms with Crippen molar-refractivity contribution in [3.05, 3.63) is 81.5 Å². The molecule has 0 spiro atoms. The van der Waals surface area contributed by atoms with Gasteiger partial charge in [-0.15, -0.1) is 0 Å². The summed E-state index contributed by atoms with van der Waals surface area (Å²) in [6.07, 6.45) is 5.27. The molecule has 0 N–H and O–H groups in total. The number of hydrogen-bond donors (Lipinski definition) is 0. The Morgan fingerprint density at radius 1 is 0.800 bits per heavy atom. The molecule has 2 aromatic rings. The van der Waals surface area contributed by atoms with E-state index in [1.165, 1.54) is 6.42 Å². The van der Waals surface area contributed by atoms with Crippen LogP contribution in [0.5, 0.6) is 0 Å². The quantitative estimate of drug-likeness (QED) is 0.527. The normalized spacial score (nSPS) is 14.8. The second-order valence-corrected chi connectivity index (χ2v) is 7.58. The van der Waals surface area contributed by atoms with Crippen LogP contribution in [0, 0.1) is 0 Å². The van der Waals surface area contributed by atoms with Crippen molar-refractivity contribution in [3.63, 3.8) is 0 Å². The number of benzene rings is 2. The Hall–Kier alpha value is -3.61. The van der Waals surface area contributed by atoms with Crippen molar-refractivity contribution < 1.29 is 0 Å². The van der Waals surface area contributed by atoms with Gasteiger partial charge in [-0.05, 0) is 25.0 Å². The summed E-state index contributed by atoms with van der Waals surface area (Å²) in [6.45, 7) is 0. The van der Waals surface area contributed by atoms with Crippen molar-refractivity contribution in [3.8, 4) is 28.6 Å². The van der Waals surface area contributed by atoms with E-state index in [9.17, 15) is 9.59 Å². The van der Waals surface area contributed by atoms with E-state index in [4.69, 9.17) is 5.10 Å². The third-order valence-corrected chi connectivity index (χ3v) is 5.61. The molecule has 2 heterocycles. The highest BCUT2D eigenvalue weighted by atomic mass is 16.2. The van der Waals surface area contributed by atoms with Crippen molar-refractivity contribution in [1.29, 1.82) is 0 Å². The van der Waals surface area contributed by atoms with Crippen molar-refractivity contribution in [2.75, 3.05) is 0 Å². The number of fused-ring (bicyclic) bond motifs is 1. The Morgan fingerprint density at radius 3 is 2.17 bits per heavy atom. The van der Waals surface area contributed by atoms with E-state index in [2.05, 4.69) is 9.97 Å². The van der Waals surface area contributed by atoms with E-state index in [1.807, 2.05) is 36.4 Å². The lowest BCUT2D eigenvalue weighted by molar-refractivity contribution is 0.324. The van der Waals surface area contributed by atoms with Gasteiger partial charge in [0.2, 0.25) is 0 Å². The number of rotatable bonds is 3. The van der Waals surface area contributed by atoms with Crippen LogP contribution in [-0.4, -0.2) is 24.3 Å². The lowest BCUT2D eigenvalue weighted by Gasteiger charge is -2.26. The summed E-state index contributed by atoms with van der Waals surface area (Å²) in [6, 6.07) is 18.5. The van der Waals surface area contributed by atoms with Gasteiger partial charge in [-0.25, -0.2) is 19.0 Å². The van der Waals surface area contributed by atoms with E-state index in [0.717, 1.165) is 35.8 Å². The van der Waals surface area contributed by atoms with Gasteiger partial charge in [-0.3, -0.25) is 4.79 Å². The Labute approximate surface area is 173 Å². The van der Waals surface area contributed by atoms with E-state index in [-0.39, 0.29) is 17.6 Å². The average molecular weight is 399 g/mol. The van der Waals surface area contributed by atoms with Crippen LogP contribution in [0.3, 0.4) is 0 Å². The number of para-hydroxylation sites is 1. The highest BCUT2D eigenvalue weighted by Crippen LogP contribution is 2.31. The molecule has 0 radical (unpaired) electrons. The zero-order valence-corrected chi connectivity index (χ0v) is 16.4. The Bertz CT molecular complexity index is 1260. The van der Waals surface area contributed by atoms with Crippen LogP contribution in [0.15, 0.2) is 70.3 Å². The highest BCUT2D eigenvalue weighted by Gasteiger charge is 2.27. The monoisotopic (exact) mass is 399 g/mol. The fourth-order valence-corrected chi connectivity index (χ4v) is 4.11. The maximum absolute atomic E-state index is 13.4. The molecule has 0 atom stereocenters. The topological polar surface area (TPSA) is 82.7 Å². The van der Waals surface area contributed by atoms with E-state index < -0.39 is 11.2 Å². The van der Waals surface area contributed by atoms with Gasteiger partial charge in [0.15, 0.2) is 17.3 Å². The summed E-state index contributed by atoms with van der Waals surface area (Å²) in [4.78, 5) is 35.0. The third-order valence-electron chi connectivity index (χ3n) is 5.61. The fraction of sp³-hybridized carbons (Fsp3) is 0.261. The van der Waals surface area contributed by atoms with E-state index >= 15 is 0 Å². The molecule has 3 aliphatic rings. The van der Waals surface area contributed by atoms with Crippen molar-refractivity contribution >= 4 is 0 Å².